The number of rotatable bonds is 5. The van der Waals surface area contributed by atoms with Crippen molar-refractivity contribution in [2.24, 2.45) is 0 Å². The van der Waals surface area contributed by atoms with Crippen molar-refractivity contribution in [1.82, 2.24) is 9.55 Å². The second-order valence-electron chi connectivity index (χ2n) is 10.5. The van der Waals surface area contributed by atoms with Crippen LogP contribution in [0.15, 0.2) is 89.3 Å². The van der Waals surface area contributed by atoms with Gasteiger partial charge >= 0.3 is 0 Å². The Bertz CT molecular complexity index is 1710. The zero-order chi connectivity index (χ0) is 25.7. The van der Waals surface area contributed by atoms with Crippen LogP contribution in [0.4, 0.5) is 0 Å². The Labute approximate surface area is 237 Å². The number of aromatic nitrogens is 2. The Morgan fingerprint density at radius 2 is 1.42 bits per heavy atom. The number of para-hydroxylation sites is 3. The first-order valence-electron chi connectivity index (χ1n) is 13.0. The third-order valence-corrected chi connectivity index (χ3v) is 7.26. The average molecular weight is 676 g/mol. The van der Waals surface area contributed by atoms with Gasteiger partial charge in [0.2, 0.25) is 0 Å². The molecule has 4 aromatic carbocycles. The third-order valence-electron chi connectivity index (χ3n) is 7.26. The molecule has 193 valence electrons. The Balaban J connectivity index is 0.00000294. The molecule has 0 N–H and O–H groups in total. The van der Waals surface area contributed by atoms with Crippen LogP contribution in [-0.4, -0.2) is 9.55 Å². The van der Waals surface area contributed by atoms with E-state index < -0.39 is 0 Å². The molecule has 38 heavy (non-hydrogen) atoms. The monoisotopic (exact) mass is 676 g/mol. The molecular formula is C34H31IrN2O-. The average Bonchev–Trinajstić information content (AvgIpc) is 3.50. The Morgan fingerprint density at radius 1 is 0.763 bits per heavy atom. The van der Waals surface area contributed by atoms with E-state index in [1.165, 1.54) is 27.9 Å². The normalized spacial score (nSPS) is 11.6. The van der Waals surface area contributed by atoms with Crippen molar-refractivity contribution in [3.8, 4) is 28.2 Å². The van der Waals surface area contributed by atoms with Gasteiger partial charge in [0.1, 0.15) is 0 Å². The number of furan rings is 1. The Kier molecular flexibility index (Phi) is 7.13. The molecule has 0 spiro atoms. The molecule has 0 aliphatic carbocycles. The van der Waals surface area contributed by atoms with E-state index in [9.17, 15) is 0 Å². The van der Waals surface area contributed by atoms with Crippen LogP contribution in [0.1, 0.15) is 56.2 Å². The van der Waals surface area contributed by atoms with Crippen LogP contribution in [0, 0.1) is 13.2 Å². The number of benzene rings is 4. The summed E-state index contributed by atoms with van der Waals surface area (Å²) >= 11 is 0. The maximum absolute atomic E-state index is 5.98. The molecule has 6 rings (SSSR count). The first kappa shape index (κ1) is 26.2. The maximum atomic E-state index is 5.98. The largest absolute Gasteiger partial charge is 0.557 e. The van der Waals surface area contributed by atoms with Crippen molar-refractivity contribution in [2.75, 3.05) is 0 Å². The second-order valence-corrected chi connectivity index (χ2v) is 10.5. The molecule has 3 nitrogen and oxygen atoms in total. The van der Waals surface area contributed by atoms with Gasteiger partial charge in [-0.15, -0.1) is 6.07 Å². The fourth-order valence-corrected chi connectivity index (χ4v) is 5.34. The van der Waals surface area contributed by atoms with E-state index in [0.29, 0.717) is 11.8 Å². The number of aryl methyl sites for hydroxylation is 1. The molecule has 0 unspecified atom stereocenters. The summed E-state index contributed by atoms with van der Waals surface area (Å²) in [5.41, 5.74) is 11.2. The SMILES string of the molecule is Cc1cccc2c(-c3nc4ccccc4n3-c3c(C(C)C)cc(-c4ccccc4)cc3C(C)C)[c-]oc12.[Ir]. The van der Waals surface area contributed by atoms with Crippen LogP contribution >= 0.6 is 0 Å². The Morgan fingerprint density at radius 3 is 2.11 bits per heavy atom. The molecule has 4 heteroatoms. The van der Waals surface area contributed by atoms with E-state index in [2.05, 4.69) is 130 Å². The minimum atomic E-state index is 0. The number of hydrogen-bond acceptors (Lipinski definition) is 2. The topological polar surface area (TPSA) is 31.0 Å². The van der Waals surface area contributed by atoms with Crippen molar-refractivity contribution in [3.05, 3.63) is 108 Å². The molecule has 0 aliphatic rings. The van der Waals surface area contributed by atoms with E-state index in [4.69, 9.17) is 9.40 Å². The molecule has 2 heterocycles. The van der Waals surface area contributed by atoms with Gasteiger partial charge < -0.3 is 8.98 Å². The van der Waals surface area contributed by atoms with Gasteiger partial charge in [-0.1, -0.05) is 98.8 Å². The van der Waals surface area contributed by atoms with Crippen LogP contribution in [0.25, 0.3) is 50.2 Å². The molecule has 0 amide bonds. The van der Waals surface area contributed by atoms with Crippen LogP contribution in [0.3, 0.4) is 0 Å². The van der Waals surface area contributed by atoms with Gasteiger partial charge in [0, 0.05) is 37.6 Å². The standard InChI is InChI=1S/C34H31N2O.Ir/c1-21(2)27-18-25(24-13-7-6-8-14-24)19-28(22(3)4)32(27)36-31-17-10-9-16-30(31)35-34(36)29-20-37-33-23(5)12-11-15-26(29)33;/h6-19,21-22H,1-5H3;/q-1;. The number of fused-ring (bicyclic) bond motifs is 2. The first-order chi connectivity index (χ1) is 17.9. The summed E-state index contributed by atoms with van der Waals surface area (Å²) in [6.07, 6.45) is 3.22. The van der Waals surface area contributed by atoms with Crippen LogP contribution < -0.4 is 0 Å². The predicted molar refractivity (Wildman–Crippen MR) is 153 cm³/mol. The number of hydrogen-bond donors (Lipinski definition) is 0. The third kappa shape index (κ3) is 4.32. The molecular weight excluding hydrogens is 645 g/mol. The number of imidazole rings is 1. The summed E-state index contributed by atoms with van der Waals surface area (Å²) in [5.74, 6) is 1.50. The van der Waals surface area contributed by atoms with E-state index >= 15 is 0 Å². The Hall–Kier alpha value is -3.46. The summed E-state index contributed by atoms with van der Waals surface area (Å²) in [4.78, 5) is 5.16. The van der Waals surface area contributed by atoms with Crippen molar-refractivity contribution < 1.29 is 24.5 Å². The molecule has 0 aliphatic heterocycles. The second kappa shape index (κ2) is 10.4. The summed E-state index contributed by atoms with van der Waals surface area (Å²) < 4.78 is 8.32. The van der Waals surface area contributed by atoms with Gasteiger partial charge in [-0.25, -0.2) is 0 Å². The molecule has 0 bridgehead atoms. The zero-order valence-electron chi connectivity index (χ0n) is 22.4. The van der Waals surface area contributed by atoms with Gasteiger partial charge in [-0.05, 0) is 65.3 Å². The van der Waals surface area contributed by atoms with Crippen molar-refractivity contribution in [2.45, 2.75) is 46.5 Å². The van der Waals surface area contributed by atoms with E-state index in [0.717, 1.165) is 39.0 Å². The van der Waals surface area contributed by atoms with E-state index in [1.54, 1.807) is 0 Å². The summed E-state index contributed by atoms with van der Waals surface area (Å²) in [7, 11) is 0. The van der Waals surface area contributed by atoms with Crippen molar-refractivity contribution >= 4 is 22.0 Å². The predicted octanol–water partition coefficient (Wildman–Crippen LogP) is 9.46. The summed E-state index contributed by atoms with van der Waals surface area (Å²) in [5, 5.41) is 1.04. The van der Waals surface area contributed by atoms with Crippen LogP contribution in [0.2, 0.25) is 0 Å². The van der Waals surface area contributed by atoms with Gasteiger partial charge in [-0.3, -0.25) is 4.98 Å². The van der Waals surface area contributed by atoms with Gasteiger partial charge in [-0.2, -0.15) is 0 Å². The maximum Gasteiger partial charge on any atom is 0.0774 e. The van der Waals surface area contributed by atoms with E-state index in [1.807, 2.05) is 0 Å². The first-order valence-corrected chi connectivity index (χ1v) is 13.0. The van der Waals surface area contributed by atoms with Crippen molar-refractivity contribution in [1.29, 1.82) is 0 Å². The van der Waals surface area contributed by atoms with Crippen molar-refractivity contribution in [3.63, 3.8) is 0 Å². The molecule has 0 fully saturated rings. The van der Waals surface area contributed by atoms with E-state index in [-0.39, 0.29) is 20.1 Å². The van der Waals surface area contributed by atoms with Gasteiger partial charge in [0.25, 0.3) is 0 Å². The summed E-state index contributed by atoms with van der Waals surface area (Å²) in [6.45, 7) is 11.2. The number of nitrogens with zero attached hydrogens (tertiary/aromatic N) is 2. The molecule has 1 radical (unpaired) electrons. The summed E-state index contributed by atoms with van der Waals surface area (Å²) in [6, 6.07) is 30.0. The van der Waals surface area contributed by atoms with Crippen LogP contribution in [0.5, 0.6) is 0 Å². The molecule has 0 saturated carbocycles. The zero-order valence-corrected chi connectivity index (χ0v) is 24.8. The molecule has 0 saturated heterocycles. The van der Waals surface area contributed by atoms with Gasteiger partial charge in [0.05, 0.1) is 16.9 Å². The minimum absolute atomic E-state index is 0. The minimum Gasteiger partial charge on any atom is -0.557 e. The fraction of sp³-hybridized carbons (Fsp3) is 0.206. The molecule has 6 aromatic rings. The molecule has 2 aromatic heterocycles. The van der Waals surface area contributed by atoms with Gasteiger partial charge in [0.15, 0.2) is 0 Å². The molecule has 0 atom stereocenters. The smallest absolute Gasteiger partial charge is 0.0774 e. The van der Waals surface area contributed by atoms with Crippen LogP contribution in [-0.2, 0) is 20.1 Å². The fourth-order valence-electron chi connectivity index (χ4n) is 5.34. The quantitative estimate of drug-likeness (QED) is 0.171.